The first kappa shape index (κ1) is 13.6. The van der Waals surface area contributed by atoms with Crippen LogP contribution in [-0.2, 0) is 11.3 Å². The molecule has 1 N–H and O–H groups in total. The molecule has 100 valence electrons. The maximum Gasteiger partial charge on any atom is 0.358 e. The SMILES string of the molecule is COC(=O)c1nc(NCc2cscn2)sc1C(C)=O. The van der Waals surface area contributed by atoms with Crippen molar-refractivity contribution in [3.05, 3.63) is 27.2 Å². The standard InChI is InChI=1S/C11H11N3O3S2/c1-6(15)9-8(10(16)17-2)14-11(19-9)12-3-7-4-18-5-13-7/h4-5H,3H2,1-2H3,(H,12,14). The van der Waals surface area contributed by atoms with Crippen LogP contribution in [0.25, 0.3) is 0 Å². The van der Waals surface area contributed by atoms with E-state index in [0.29, 0.717) is 16.6 Å². The lowest BCUT2D eigenvalue weighted by atomic mass is 10.3. The lowest BCUT2D eigenvalue weighted by molar-refractivity contribution is 0.0591. The number of thiazole rings is 2. The molecular weight excluding hydrogens is 286 g/mol. The minimum Gasteiger partial charge on any atom is -0.464 e. The summed E-state index contributed by atoms with van der Waals surface area (Å²) in [6, 6.07) is 0. The van der Waals surface area contributed by atoms with Crippen LogP contribution in [0.4, 0.5) is 5.13 Å². The Morgan fingerprint density at radius 2 is 2.26 bits per heavy atom. The lowest BCUT2D eigenvalue weighted by Gasteiger charge is -1.97. The molecule has 0 saturated heterocycles. The molecule has 0 atom stereocenters. The van der Waals surface area contributed by atoms with Crippen molar-refractivity contribution >= 4 is 39.6 Å². The number of hydrogen-bond donors (Lipinski definition) is 1. The number of ketones is 1. The van der Waals surface area contributed by atoms with Crippen molar-refractivity contribution in [2.24, 2.45) is 0 Å². The highest BCUT2D eigenvalue weighted by atomic mass is 32.1. The molecule has 0 amide bonds. The first-order valence-corrected chi connectivity index (χ1v) is 7.08. The third-order valence-electron chi connectivity index (χ3n) is 2.23. The Morgan fingerprint density at radius 1 is 1.47 bits per heavy atom. The fourth-order valence-corrected chi connectivity index (χ4v) is 2.76. The molecule has 2 heterocycles. The maximum absolute atomic E-state index is 11.5. The summed E-state index contributed by atoms with van der Waals surface area (Å²) in [6.45, 7) is 1.89. The van der Waals surface area contributed by atoms with E-state index in [2.05, 4.69) is 20.0 Å². The molecule has 0 aliphatic heterocycles. The zero-order chi connectivity index (χ0) is 13.8. The molecule has 0 bridgehead atoms. The number of nitrogens with one attached hydrogen (secondary N) is 1. The number of aromatic nitrogens is 2. The number of carbonyl (C=O) groups is 2. The first-order chi connectivity index (χ1) is 9.11. The van der Waals surface area contributed by atoms with Crippen LogP contribution >= 0.6 is 22.7 Å². The van der Waals surface area contributed by atoms with Gasteiger partial charge in [0.1, 0.15) is 4.88 Å². The summed E-state index contributed by atoms with van der Waals surface area (Å²) in [5.41, 5.74) is 2.67. The van der Waals surface area contributed by atoms with Crippen molar-refractivity contribution < 1.29 is 14.3 Å². The second kappa shape index (κ2) is 5.89. The van der Waals surface area contributed by atoms with Gasteiger partial charge in [-0.1, -0.05) is 11.3 Å². The van der Waals surface area contributed by atoms with Gasteiger partial charge in [-0.3, -0.25) is 4.79 Å². The number of carbonyl (C=O) groups excluding carboxylic acids is 2. The Balaban J connectivity index is 2.17. The number of hydrogen-bond acceptors (Lipinski definition) is 8. The number of anilines is 1. The van der Waals surface area contributed by atoms with Crippen LogP contribution in [0.15, 0.2) is 10.9 Å². The predicted octanol–water partition coefficient (Wildman–Crippen LogP) is 2.20. The van der Waals surface area contributed by atoms with E-state index < -0.39 is 5.97 Å². The highest BCUT2D eigenvalue weighted by Crippen LogP contribution is 2.24. The van der Waals surface area contributed by atoms with Crippen LogP contribution in [0.1, 0.15) is 32.8 Å². The van der Waals surface area contributed by atoms with Crippen LogP contribution in [0.5, 0.6) is 0 Å². The molecule has 0 radical (unpaired) electrons. The molecule has 0 spiro atoms. The molecule has 0 aliphatic rings. The number of Topliss-reactive ketones (excluding diaryl/α,β-unsaturated/α-hetero) is 1. The van der Waals surface area contributed by atoms with Crippen molar-refractivity contribution in [2.75, 3.05) is 12.4 Å². The molecule has 19 heavy (non-hydrogen) atoms. The fourth-order valence-electron chi connectivity index (χ4n) is 1.36. The summed E-state index contributed by atoms with van der Waals surface area (Å²) in [5.74, 6) is -0.817. The Kier molecular flexibility index (Phi) is 4.23. The van der Waals surface area contributed by atoms with Gasteiger partial charge in [0.05, 0.1) is 24.9 Å². The Labute approximate surface area is 117 Å². The van der Waals surface area contributed by atoms with Gasteiger partial charge in [0.15, 0.2) is 16.6 Å². The molecule has 2 aromatic heterocycles. The Hall–Kier alpha value is -1.80. The van der Waals surface area contributed by atoms with E-state index in [9.17, 15) is 9.59 Å². The second-order valence-electron chi connectivity index (χ2n) is 3.58. The molecule has 0 unspecified atom stereocenters. The topological polar surface area (TPSA) is 81.2 Å². The summed E-state index contributed by atoms with van der Waals surface area (Å²) in [6.07, 6.45) is 0. The summed E-state index contributed by atoms with van der Waals surface area (Å²) < 4.78 is 4.61. The van der Waals surface area contributed by atoms with E-state index in [1.165, 1.54) is 25.4 Å². The Morgan fingerprint density at radius 3 is 2.84 bits per heavy atom. The quantitative estimate of drug-likeness (QED) is 0.673. The van der Waals surface area contributed by atoms with Crippen LogP contribution in [-0.4, -0.2) is 28.8 Å². The van der Waals surface area contributed by atoms with Gasteiger partial charge in [0.25, 0.3) is 0 Å². The number of esters is 1. The summed E-state index contributed by atoms with van der Waals surface area (Å²) in [5, 5.41) is 5.44. The summed E-state index contributed by atoms with van der Waals surface area (Å²) >= 11 is 2.64. The van der Waals surface area contributed by atoms with Gasteiger partial charge in [-0.2, -0.15) is 0 Å². The van der Waals surface area contributed by atoms with Crippen LogP contribution in [0.3, 0.4) is 0 Å². The third kappa shape index (κ3) is 3.15. The van der Waals surface area contributed by atoms with Crippen molar-refractivity contribution in [3.63, 3.8) is 0 Å². The number of nitrogens with zero attached hydrogens (tertiary/aromatic N) is 2. The molecule has 0 aliphatic carbocycles. The van der Waals surface area contributed by atoms with Gasteiger partial charge in [0.2, 0.25) is 0 Å². The van der Waals surface area contributed by atoms with Crippen LogP contribution in [0.2, 0.25) is 0 Å². The van der Waals surface area contributed by atoms with Gasteiger partial charge >= 0.3 is 5.97 Å². The second-order valence-corrected chi connectivity index (χ2v) is 5.30. The average Bonchev–Trinajstić information content (AvgIpc) is 3.04. The Bertz CT molecular complexity index is 592. The molecule has 8 heteroatoms. The van der Waals surface area contributed by atoms with Crippen molar-refractivity contribution in [3.8, 4) is 0 Å². The van der Waals surface area contributed by atoms with E-state index in [-0.39, 0.29) is 11.5 Å². The lowest BCUT2D eigenvalue weighted by Crippen LogP contribution is -2.07. The minimum absolute atomic E-state index is 0.0563. The monoisotopic (exact) mass is 297 g/mol. The number of ether oxygens (including phenoxy) is 1. The maximum atomic E-state index is 11.5. The van der Waals surface area contributed by atoms with E-state index in [1.807, 2.05) is 5.38 Å². The third-order valence-corrected chi connectivity index (χ3v) is 3.98. The van der Waals surface area contributed by atoms with Gasteiger partial charge in [-0.25, -0.2) is 14.8 Å². The van der Waals surface area contributed by atoms with Gasteiger partial charge < -0.3 is 10.1 Å². The normalized spacial score (nSPS) is 10.2. The largest absolute Gasteiger partial charge is 0.464 e. The highest BCUT2D eigenvalue weighted by Gasteiger charge is 2.21. The molecule has 6 nitrogen and oxygen atoms in total. The van der Waals surface area contributed by atoms with Gasteiger partial charge in [-0.15, -0.1) is 11.3 Å². The average molecular weight is 297 g/mol. The fraction of sp³-hybridized carbons (Fsp3) is 0.273. The smallest absolute Gasteiger partial charge is 0.358 e. The molecule has 2 aromatic rings. The first-order valence-electron chi connectivity index (χ1n) is 5.33. The zero-order valence-corrected chi connectivity index (χ0v) is 11.9. The predicted molar refractivity (Wildman–Crippen MR) is 72.9 cm³/mol. The summed E-state index contributed by atoms with van der Waals surface area (Å²) in [4.78, 5) is 31.5. The minimum atomic E-state index is -0.608. The van der Waals surface area contributed by atoms with E-state index in [1.54, 1.807) is 5.51 Å². The molecular formula is C11H11N3O3S2. The zero-order valence-electron chi connectivity index (χ0n) is 10.3. The van der Waals surface area contributed by atoms with Gasteiger partial charge in [-0.05, 0) is 0 Å². The van der Waals surface area contributed by atoms with E-state index in [4.69, 9.17) is 0 Å². The van der Waals surface area contributed by atoms with Crippen molar-refractivity contribution in [1.29, 1.82) is 0 Å². The van der Waals surface area contributed by atoms with E-state index in [0.717, 1.165) is 17.0 Å². The summed E-state index contributed by atoms with van der Waals surface area (Å²) in [7, 11) is 1.26. The number of rotatable bonds is 5. The van der Waals surface area contributed by atoms with Crippen LogP contribution in [0, 0.1) is 0 Å². The molecule has 0 aromatic carbocycles. The molecule has 2 rings (SSSR count). The van der Waals surface area contributed by atoms with Crippen LogP contribution < -0.4 is 5.32 Å². The molecule has 0 fully saturated rings. The highest BCUT2D eigenvalue weighted by molar-refractivity contribution is 7.17. The number of methoxy groups -OCH3 is 1. The van der Waals surface area contributed by atoms with E-state index >= 15 is 0 Å². The van der Waals surface area contributed by atoms with Crippen molar-refractivity contribution in [2.45, 2.75) is 13.5 Å². The van der Waals surface area contributed by atoms with Crippen molar-refractivity contribution in [1.82, 2.24) is 9.97 Å². The van der Waals surface area contributed by atoms with Gasteiger partial charge in [0, 0.05) is 12.3 Å². The molecule has 0 saturated carbocycles.